The van der Waals surface area contributed by atoms with Crippen molar-refractivity contribution in [1.29, 1.82) is 0 Å². The van der Waals surface area contributed by atoms with Gasteiger partial charge < -0.3 is 5.11 Å². The zero-order valence-corrected chi connectivity index (χ0v) is 8.26. The molecule has 3 heteroatoms. The Labute approximate surface area is 79.3 Å². The first kappa shape index (κ1) is 9.42. The second kappa shape index (κ2) is 3.83. The minimum atomic E-state index is -0.428. The Hall–Kier alpha value is -0.670. The summed E-state index contributed by atoms with van der Waals surface area (Å²) < 4.78 is 0.939. The van der Waals surface area contributed by atoms with Gasteiger partial charge in [-0.25, -0.2) is 0 Å². The highest BCUT2D eigenvalue weighted by molar-refractivity contribution is 9.10. The number of aliphatic hydroxyl groups is 1. The minimum Gasteiger partial charge on any atom is -0.388 e. The van der Waals surface area contributed by atoms with Crippen LogP contribution in [0.2, 0.25) is 0 Å². The molecule has 0 amide bonds. The van der Waals surface area contributed by atoms with Crippen LogP contribution in [0.1, 0.15) is 15.9 Å². The van der Waals surface area contributed by atoms with Crippen molar-refractivity contribution < 1.29 is 9.90 Å². The monoisotopic (exact) mass is 228 g/mol. The molecule has 0 unspecified atom stereocenters. The van der Waals surface area contributed by atoms with Gasteiger partial charge in [0.2, 0.25) is 0 Å². The van der Waals surface area contributed by atoms with Gasteiger partial charge in [0.05, 0.1) is 0 Å². The van der Waals surface area contributed by atoms with Gasteiger partial charge in [-0.1, -0.05) is 15.9 Å². The fraction of sp³-hybridized carbons (Fsp3) is 0.222. The number of benzene rings is 1. The largest absolute Gasteiger partial charge is 0.388 e. The standard InChI is InChI=1S/C9H9BrO2/c1-6-4-7(10)2-3-8(6)9(12)5-11/h2-4,11H,5H2,1H3. The van der Waals surface area contributed by atoms with E-state index in [-0.39, 0.29) is 5.78 Å². The van der Waals surface area contributed by atoms with E-state index in [1.165, 1.54) is 0 Å². The van der Waals surface area contributed by atoms with Gasteiger partial charge >= 0.3 is 0 Å². The summed E-state index contributed by atoms with van der Waals surface area (Å²) in [6.45, 7) is 1.41. The van der Waals surface area contributed by atoms with Crippen molar-refractivity contribution in [3.63, 3.8) is 0 Å². The molecular formula is C9H9BrO2. The van der Waals surface area contributed by atoms with E-state index >= 15 is 0 Å². The summed E-state index contributed by atoms with van der Waals surface area (Å²) in [5.74, 6) is -0.236. The van der Waals surface area contributed by atoms with Crippen molar-refractivity contribution in [2.24, 2.45) is 0 Å². The highest BCUT2D eigenvalue weighted by Gasteiger charge is 2.06. The zero-order valence-electron chi connectivity index (χ0n) is 6.67. The van der Waals surface area contributed by atoms with Gasteiger partial charge in [-0.2, -0.15) is 0 Å². The number of halogens is 1. The van der Waals surface area contributed by atoms with Gasteiger partial charge in [-0.05, 0) is 30.7 Å². The number of hydrogen-bond acceptors (Lipinski definition) is 2. The first-order valence-electron chi connectivity index (χ1n) is 3.55. The van der Waals surface area contributed by atoms with Crippen LogP contribution >= 0.6 is 15.9 Å². The molecule has 0 spiro atoms. The van der Waals surface area contributed by atoms with Gasteiger partial charge in [0.25, 0.3) is 0 Å². The molecule has 0 aliphatic heterocycles. The van der Waals surface area contributed by atoms with Crippen molar-refractivity contribution in [2.75, 3.05) is 6.61 Å². The molecule has 0 aliphatic carbocycles. The van der Waals surface area contributed by atoms with Gasteiger partial charge in [0.15, 0.2) is 5.78 Å². The van der Waals surface area contributed by atoms with E-state index in [1.54, 1.807) is 12.1 Å². The lowest BCUT2D eigenvalue weighted by molar-refractivity contribution is 0.0903. The lowest BCUT2D eigenvalue weighted by Gasteiger charge is -2.02. The fourth-order valence-corrected chi connectivity index (χ4v) is 1.50. The highest BCUT2D eigenvalue weighted by Crippen LogP contribution is 2.15. The van der Waals surface area contributed by atoms with Crippen molar-refractivity contribution >= 4 is 21.7 Å². The van der Waals surface area contributed by atoms with Crippen molar-refractivity contribution in [3.8, 4) is 0 Å². The number of carbonyl (C=O) groups is 1. The van der Waals surface area contributed by atoms with Gasteiger partial charge in [-0.3, -0.25) is 4.79 Å². The van der Waals surface area contributed by atoms with Crippen LogP contribution in [0.4, 0.5) is 0 Å². The molecule has 0 saturated carbocycles. The Bertz CT molecular complexity index is 307. The Kier molecular flexibility index (Phi) is 3.00. The number of carbonyl (C=O) groups excluding carboxylic acids is 1. The number of hydrogen-bond donors (Lipinski definition) is 1. The third-order valence-corrected chi connectivity index (χ3v) is 2.13. The van der Waals surface area contributed by atoms with Crippen LogP contribution < -0.4 is 0 Å². The van der Waals surface area contributed by atoms with E-state index in [4.69, 9.17) is 5.11 Å². The molecule has 1 N–H and O–H groups in total. The third kappa shape index (κ3) is 1.93. The van der Waals surface area contributed by atoms with Gasteiger partial charge in [0, 0.05) is 10.0 Å². The second-order valence-corrected chi connectivity index (χ2v) is 3.46. The van der Waals surface area contributed by atoms with Crippen LogP contribution in [0.5, 0.6) is 0 Å². The molecule has 64 valence electrons. The van der Waals surface area contributed by atoms with Gasteiger partial charge in [0.1, 0.15) is 6.61 Å². The van der Waals surface area contributed by atoms with E-state index in [9.17, 15) is 4.79 Å². The zero-order chi connectivity index (χ0) is 9.14. The minimum absolute atomic E-state index is 0.236. The van der Waals surface area contributed by atoms with Crippen LogP contribution in [-0.4, -0.2) is 17.5 Å². The summed E-state index contributed by atoms with van der Waals surface area (Å²) in [7, 11) is 0. The Morgan fingerprint density at radius 1 is 1.58 bits per heavy atom. The predicted octanol–water partition coefficient (Wildman–Crippen LogP) is 1.93. The number of aryl methyl sites for hydroxylation is 1. The summed E-state index contributed by atoms with van der Waals surface area (Å²) in [6.07, 6.45) is 0. The Morgan fingerprint density at radius 3 is 2.75 bits per heavy atom. The maximum absolute atomic E-state index is 11.1. The van der Waals surface area contributed by atoms with Crippen molar-refractivity contribution in [1.82, 2.24) is 0 Å². The molecule has 0 radical (unpaired) electrons. The number of ketones is 1. The van der Waals surface area contributed by atoms with Crippen LogP contribution in [0.25, 0.3) is 0 Å². The summed E-state index contributed by atoms with van der Waals surface area (Å²) >= 11 is 3.29. The van der Waals surface area contributed by atoms with Crippen LogP contribution in [-0.2, 0) is 0 Å². The summed E-state index contributed by atoms with van der Waals surface area (Å²) in [5, 5.41) is 8.62. The molecule has 0 aliphatic rings. The smallest absolute Gasteiger partial charge is 0.188 e. The Morgan fingerprint density at radius 2 is 2.25 bits per heavy atom. The molecule has 0 fully saturated rings. The SMILES string of the molecule is Cc1cc(Br)ccc1C(=O)CO. The topological polar surface area (TPSA) is 37.3 Å². The Balaban J connectivity index is 3.09. The molecule has 1 aromatic carbocycles. The number of Topliss-reactive ketones (excluding diaryl/α,β-unsaturated/α-hetero) is 1. The van der Waals surface area contributed by atoms with Crippen LogP contribution in [0.15, 0.2) is 22.7 Å². The van der Waals surface area contributed by atoms with E-state index in [2.05, 4.69) is 15.9 Å². The van der Waals surface area contributed by atoms with Crippen LogP contribution in [0, 0.1) is 6.92 Å². The third-order valence-electron chi connectivity index (χ3n) is 1.63. The van der Waals surface area contributed by atoms with Gasteiger partial charge in [-0.15, -0.1) is 0 Å². The molecular weight excluding hydrogens is 220 g/mol. The summed E-state index contributed by atoms with van der Waals surface area (Å²) in [4.78, 5) is 11.1. The average molecular weight is 229 g/mol. The quantitative estimate of drug-likeness (QED) is 0.786. The van der Waals surface area contributed by atoms with E-state index in [1.807, 2.05) is 13.0 Å². The highest BCUT2D eigenvalue weighted by atomic mass is 79.9. The first-order valence-corrected chi connectivity index (χ1v) is 4.34. The molecule has 1 rings (SSSR count). The predicted molar refractivity (Wildman–Crippen MR) is 50.3 cm³/mol. The fourth-order valence-electron chi connectivity index (χ4n) is 1.03. The maximum Gasteiger partial charge on any atom is 0.188 e. The maximum atomic E-state index is 11.1. The number of rotatable bonds is 2. The van der Waals surface area contributed by atoms with Crippen molar-refractivity contribution in [3.05, 3.63) is 33.8 Å². The van der Waals surface area contributed by atoms with Crippen molar-refractivity contribution in [2.45, 2.75) is 6.92 Å². The molecule has 0 heterocycles. The molecule has 2 nitrogen and oxygen atoms in total. The van der Waals surface area contributed by atoms with E-state index < -0.39 is 6.61 Å². The molecule has 12 heavy (non-hydrogen) atoms. The molecule has 0 saturated heterocycles. The van der Waals surface area contributed by atoms with E-state index in [0.717, 1.165) is 10.0 Å². The van der Waals surface area contributed by atoms with E-state index in [0.29, 0.717) is 5.56 Å². The lowest BCUT2D eigenvalue weighted by Crippen LogP contribution is -2.05. The molecule has 0 aromatic heterocycles. The number of aliphatic hydroxyl groups excluding tert-OH is 1. The molecule has 0 bridgehead atoms. The normalized spacial score (nSPS) is 9.92. The van der Waals surface area contributed by atoms with Crippen LogP contribution in [0.3, 0.4) is 0 Å². The molecule has 1 aromatic rings. The summed E-state index contributed by atoms with van der Waals surface area (Å²) in [6, 6.07) is 5.34. The summed E-state index contributed by atoms with van der Waals surface area (Å²) in [5.41, 5.74) is 1.46. The first-order chi connectivity index (χ1) is 5.65. The lowest BCUT2D eigenvalue weighted by atomic mass is 10.1. The second-order valence-electron chi connectivity index (χ2n) is 2.54. The average Bonchev–Trinajstić information content (AvgIpc) is 2.03. The molecule has 0 atom stereocenters.